The quantitative estimate of drug-likeness (QED) is 0.412. The molecule has 0 aliphatic carbocycles. The molecular weight excluding hydrogens is 243 g/mol. The smallest absolute Gasteiger partial charge is 0.273 e. The molecule has 0 saturated carbocycles. The Morgan fingerprint density at radius 3 is 2.00 bits per heavy atom. The third-order valence-corrected chi connectivity index (χ3v) is 3.76. The van der Waals surface area contributed by atoms with E-state index in [1.54, 1.807) is 29.5 Å². The molecule has 0 spiro atoms. The van der Waals surface area contributed by atoms with Crippen molar-refractivity contribution < 1.29 is 12.6 Å². The van der Waals surface area contributed by atoms with Crippen LogP contribution in [0.15, 0.2) is 0 Å². The highest BCUT2D eigenvalue weighted by molar-refractivity contribution is 14.1. The first kappa shape index (κ1) is 8.64. The van der Waals surface area contributed by atoms with Crippen molar-refractivity contribution in [2.24, 2.45) is 0 Å². The Bertz CT molecular complexity index is 148. The minimum atomic E-state index is -3.25. The van der Waals surface area contributed by atoms with Gasteiger partial charge in [0, 0.05) is 0 Å². The zero-order chi connectivity index (χ0) is 6.78. The summed E-state index contributed by atoms with van der Waals surface area (Å²) in [6.45, 7) is 1.55. The first-order chi connectivity index (χ1) is 3.50. The molecular formula is C3H7IO3S. The number of halogens is 1. The van der Waals surface area contributed by atoms with Crippen LogP contribution in [0.2, 0.25) is 0 Å². The van der Waals surface area contributed by atoms with Gasteiger partial charge in [-0.2, -0.15) is 8.42 Å². The lowest BCUT2D eigenvalue weighted by Gasteiger charge is -1.99. The van der Waals surface area contributed by atoms with E-state index in [1.807, 2.05) is 0 Å². The van der Waals surface area contributed by atoms with Gasteiger partial charge in [0.2, 0.25) is 0 Å². The van der Waals surface area contributed by atoms with Gasteiger partial charge in [-0.25, -0.2) is 0 Å². The lowest BCUT2D eigenvalue weighted by Crippen LogP contribution is -2.11. The molecule has 0 amide bonds. The first-order valence-electron chi connectivity index (χ1n) is 1.94. The Hall–Kier alpha value is 0.640. The van der Waals surface area contributed by atoms with Crippen LogP contribution in [-0.2, 0) is 14.3 Å². The molecule has 0 aromatic rings. The topological polar surface area (TPSA) is 43.4 Å². The molecule has 0 aliphatic rings. The van der Waals surface area contributed by atoms with Crippen LogP contribution in [0.3, 0.4) is 0 Å². The molecule has 0 radical (unpaired) electrons. The largest absolute Gasteiger partial charge is 0.279 e. The minimum absolute atomic E-state index is 0.468. The van der Waals surface area contributed by atoms with Gasteiger partial charge >= 0.3 is 0 Å². The van der Waals surface area contributed by atoms with Crippen LogP contribution in [0.5, 0.6) is 0 Å². The van der Waals surface area contributed by atoms with Crippen molar-refractivity contribution >= 4 is 32.7 Å². The average molecular weight is 250 g/mol. The van der Waals surface area contributed by atoms with E-state index in [0.29, 0.717) is 0 Å². The molecule has 0 aliphatic heterocycles. The van der Waals surface area contributed by atoms with Gasteiger partial charge in [-0.05, 0) is 6.92 Å². The predicted molar refractivity (Wildman–Crippen MR) is 39.4 cm³/mol. The fourth-order valence-corrected chi connectivity index (χ4v) is 1.02. The fraction of sp³-hybridized carbons (Fsp3) is 1.00. The van der Waals surface area contributed by atoms with E-state index in [9.17, 15) is 8.42 Å². The minimum Gasteiger partial charge on any atom is -0.273 e. The van der Waals surface area contributed by atoms with Crippen LogP contribution >= 0.6 is 22.6 Å². The van der Waals surface area contributed by atoms with Crippen molar-refractivity contribution in [2.75, 3.05) is 7.11 Å². The third-order valence-electron chi connectivity index (χ3n) is 0.630. The summed E-state index contributed by atoms with van der Waals surface area (Å²) in [6.07, 6.45) is 0. The van der Waals surface area contributed by atoms with Crippen molar-refractivity contribution in [1.82, 2.24) is 0 Å². The molecule has 50 valence electrons. The predicted octanol–water partition coefficient (Wildman–Crippen LogP) is 0.744. The Labute approximate surface area is 62.7 Å². The van der Waals surface area contributed by atoms with Crippen molar-refractivity contribution in [3.05, 3.63) is 0 Å². The molecule has 0 rings (SSSR count). The maximum absolute atomic E-state index is 10.5. The lowest BCUT2D eigenvalue weighted by molar-refractivity contribution is 0.398. The summed E-state index contributed by atoms with van der Waals surface area (Å²) in [6, 6.07) is 0. The van der Waals surface area contributed by atoms with Crippen molar-refractivity contribution in [3.8, 4) is 0 Å². The highest BCUT2D eigenvalue weighted by atomic mass is 127. The van der Waals surface area contributed by atoms with Gasteiger partial charge in [-0.3, -0.25) is 4.18 Å². The van der Waals surface area contributed by atoms with E-state index in [2.05, 4.69) is 4.18 Å². The fourth-order valence-electron chi connectivity index (χ4n) is 0.133. The highest BCUT2D eigenvalue weighted by Gasteiger charge is 2.14. The number of hydrogen-bond acceptors (Lipinski definition) is 3. The summed E-state index contributed by atoms with van der Waals surface area (Å²) >= 11 is 1.77. The Morgan fingerprint density at radius 2 is 2.00 bits per heavy atom. The van der Waals surface area contributed by atoms with Gasteiger partial charge in [0.1, 0.15) is 3.26 Å². The van der Waals surface area contributed by atoms with Crippen LogP contribution in [0.4, 0.5) is 0 Å². The summed E-state index contributed by atoms with van der Waals surface area (Å²) in [4.78, 5) is 0. The molecule has 0 aromatic heterocycles. The molecule has 0 N–H and O–H groups in total. The first-order valence-corrected chi connectivity index (χ1v) is 4.66. The van der Waals surface area contributed by atoms with Crippen LogP contribution in [-0.4, -0.2) is 18.8 Å². The summed E-state index contributed by atoms with van der Waals surface area (Å²) < 4.78 is 24.6. The number of alkyl halides is 1. The Morgan fingerprint density at radius 1 is 1.62 bits per heavy atom. The van der Waals surface area contributed by atoms with Gasteiger partial charge in [0.05, 0.1) is 7.11 Å². The highest BCUT2D eigenvalue weighted by Crippen LogP contribution is 2.08. The van der Waals surface area contributed by atoms with E-state index in [4.69, 9.17) is 0 Å². The summed E-state index contributed by atoms with van der Waals surface area (Å²) in [5.74, 6) is 0. The van der Waals surface area contributed by atoms with Crippen molar-refractivity contribution in [2.45, 2.75) is 10.2 Å². The van der Waals surface area contributed by atoms with E-state index in [1.165, 1.54) is 0 Å². The molecule has 0 saturated heterocycles. The molecule has 5 heteroatoms. The van der Waals surface area contributed by atoms with Crippen LogP contribution in [0, 0.1) is 0 Å². The molecule has 0 aromatic carbocycles. The average Bonchev–Trinajstić information content (AvgIpc) is 1.67. The van der Waals surface area contributed by atoms with Gasteiger partial charge in [-0.1, -0.05) is 22.6 Å². The van der Waals surface area contributed by atoms with Gasteiger partial charge in [-0.15, -0.1) is 0 Å². The van der Waals surface area contributed by atoms with Gasteiger partial charge < -0.3 is 0 Å². The van der Waals surface area contributed by atoms with E-state index in [0.717, 1.165) is 7.11 Å². The molecule has 8 heavy (non-hydrogen) atoms. The monoisotopic (exact) mass is 250 g/mol. The van der Waals surface area contributed by atoms with Crippen molar-refractivity contribution in [3.63, 3.8) is 0 Å². The zero-order valence-electron chi connectivity index (χ0n) is 4.59. The van der Waals surface area contributed by atoms with Crippen LogP contribution in [0.25, 0.3) is 0 Å². The van der Waals surface area contributed by atoms with E-state index in [-0.39, 0.29) is 0 Å². The number of hydrogen-bond donors (Lipinski definition) is 0. The summed E-state index contributed by atoms with van der Waals surface area (Å²) in [5.41, 5.74) is 0. The van der Waals surface area contributed by atoms with Crippen LogP contribution < -0.4 is 0 Å². The maximum atomic E-state index is 10.5. The second-order valence-electron chi connectivity index (χ2n) is 1.20. The number of rotatable bonds is 2. The van der Waals surface area contributed by atoms with Gasteiger partial charge in [0.15, 0.2) is 0 Å². The maximum Gasteiger partial charge on any atom is 0.279 e. The Kier molecular flexibility index (Phi) is 3.21. The second-order valence-corrected chi connectivity index (χ2v) is 5.94. The van der Waals surface area contributed by atoms with E-state index < -0.39 is 13.4 Å². The second kappa shape index (κ2) is 2.98. The van der Waals surface area contributed by atoms with Crippen LogP contribution in [0.1, 0.15) is 6.92 Å². The Balaban J connectivity index is 4.17. The summed E-state index contributed by atoms with van der Waals surface area (Å²) in [5, 5.41) is 0. The molecule has 0 fully saturated rings. The molecule has 3 nitrogen and oxygen atoms in total. The molecule has 1 atom stereocenters. The molecule has 0 heterocycles. The van der Waals surface area contributed by atoms with Gasteiger partial charge in [0.25, 0.3) is 10.1 Å². The lowest BCUT2D eigenvalue weighted by atomic mass is 11.0. The summed E-state index contributed by atoms with van der Waals surface area (Å²) in [7, 11) is -2.09. The standard InChI is InChI=1S/C3H7IO3S/c1-3(4)8(5,6)7-2/h3H,1-2H3. The molecule has 0 bridgehead atoms. The normalized spacial score (nSPS) is 15.9. The zero-order valence-corrected chi connectivity index (χ0v) is 7.56. The van der Waals surface area contributed by atoms with Crippen molar-refractivity contribution in [1.29, 1.82) is 0 Å². The SMILES string of the molecule is COS(=O)(=O)C(C)I. The third kappa shape index (κ3) is 2.27. The van der Waals surface area contributed by atoms with E-state index >= 15 is 0 Å². The molecule has 1 unspecified atom stereocenters.